The van der Waals surface area contributed by atoms with Crippen LogP contribution in [0.4, 0.5) is 0 Å². The van der Waals surface area contributed by atoms with Crippen LogP contribution in [0.5, 0.6) is 0 Å². The molecule has 3 aromatic heterocycles. The van der Waals surface area contributed by atoms with E-state index in [0.29, 0.717) is 11.8 Å². The van der Waals surface area contributed by atoms with E-state index >= 15 is 0 Å². The van der Waals surface area contributed by atoms with Gasteiger partial charge in [0.1, 0.15) is 5.69 Å². The molecule has 1 saturated heterocycles. The summed E-state index contributed by atoms with van der Waals surface area (Å²) in [6.07, 6.45) is 4.23. The van der Waals surface area contributed by atoms with Crippen molar-refractivity contribution in [2.24, 2.45) is 0 Å². The van der Waals surface area contributed by atoms with Gasteiger partial charge in [0.2, 0.25) is 0 Å². The van der Waals surface area contributed by atoms with Crippen LogP contribution >= 0.6 is 0 Å². The first-order chi connectivity index (χ1) is 13.2. The second kappa shape index (κ2) is 6.50. The van der Waals surface area contributed by atoms with Gasteiger partial charge < -0.3 is 10.3 Å². The summed E-state index contributed by atoms with van der Waals surface area (Å²) in [7, 11) is 0. The number of hydrogen-bond donors (Lipinski definition) is 3. The maximum Gasteiger partial charge on any atom is 0.155 e. The minimum absolute atomic E-state index is 0.403. The highest BCUT2D eigenvalue weighted by Crippen LogP contribution is 2.38. The Hall–Kier alpha value is -2.66. The first-order valence-corrected chi connectivity index (χ1v) is 9.88. The number of pyridine rings is 1. The molecule has 138 valence electrons. The second-order valence-electron chi connectivity index (χ2n) is 7.87. The van der Waals surface area contributed by atoms with Crippen molar-refractivity contribution in [1.29, 1.82) is 0 Å². The molecular formula is C22H25N5. The third-order valence-corrected chi connectivity index (χ3v) is 5.82. The molecule has 4 heterocycles. The lowest BCUT2D eigenvalue weighted by molar-refractivity contribution is 0.460. The summed E-state index contributed by atoms with van der Waals surface area (Å²) in [5.41, 5.74) is 6.90. The van der Waals surface area contributed by atoms with Crippen molar-refractivity contribution in [1.82, 2.24) is 25.5 Å². The third kappa shape index (κ3) is 2.73. The molecule has 0 radical (unpaired) electrons. The third-order valence-electron chi connectivity index (χ3n) is 5.82. The molecule has 0 aliphatic carbocycles. The van der Waals surface area contributed by atoms with Gasteiger partial charge in [-0.2, -0.15) is 5.10 Å². The largest absolute Gasteiger partial charge is 0.353 e. The molecule has 1 aromatic carbocycles. The SMILES string of the molecule is CC(C)c1c(-c2n[nH]c3ncccc23)[nH]c2ccc(C3CCNCC3)cc12. The highest BCUT2D eigenvalue weighted by atomic mass is 15.2. The molecule has 0 spiro atoms. The van der Waals surface area contributed by atoms with Crippen molar-refractivity contribution >= 4 is 21.9 Å². The number of nitrogens with zero attached hydrogens (tertiary/aromatic N) is 2. The van der Waals surface area contributed by atoms with Crippen LogP contribution in [0.2, 0.25) is 0 Å². The van der Waals surface area contributed by atoms with E-state index in [2.05, 4.69) is 63.6 Å². The Morgan fingerprint density at radius 1 is 1.07 bits per heavy atom. The number of piperidine rings is 1. The van der Waals surface area contributed by atoms with Gasteiger partial charge in [0.05, 0.1) is 5.69 Å². The van der Waals surface area contributed by atoms with Gasteiger partial charge in [-0.05, 0) is 73.2 Å². The fourth-order valence-corrected chi connectivity index (χ4v) is 4.47. The zero-order valence-electron chi connectivity index (χ0n) is 15.8. The molecule has 0 unspecified atom stereocenters. The molecule has 0 atom stereocenters. The first kappa shape index (κ1) is 16.5. The number of benzene rings is 1. The average Bonchev–Trinajstić information content (AvgIpc) is 3.29. The molecule has 4 aromatic rings. The summed E-state index contributed by atoms with van der Waals surface area (Å²) in [6.45, 7) is 6.75. The molecule has 1 aliphatic heterocycles. The molecule has 0 saturated carbocycles. The standard InChI is InChI=1S/C22H25N5/c1-13(2)19-17-12-15(14-7-10-23-11-8-14)5-6-18(17)25-21(19)20-16-4-3-9-24-22(16)27-26-20/h3-6,9,12-14,23,25H,7-8,10-11H2,1-2H3,(H,24,26,27). The monoisotopic (exact) mass is 359 g/mol. The van der Waals surface area contributed by atoms with Crippen molar-refractivity contribution in [3.05, 3.63) is 47.7 Å². The lowest BCUT2D eigenvalue weighted by atomic mass is 9.88. The maximum absolute atomic E-state index is 4.59. The van der Waals surface area contributed by atoms with E-state index in [1.54, 1.807) is 6.20 Å². The number of hydrogen-bond acceptors (Lipinski definition) is 3. The van der Waals surface area contributed by atoms with Crippen LogP contribution in [0, 0.1) is 0 Å². The predicted octanol–water partition coefficient (Wildman–Crippen LogP) is 4.70. The van der Waals surface area contributed by atoms with Crippen molar-refractivity contribution in [2.45, 2.75) is 38.5 Å². The summed E-state index contributed by atoms with van der Waals surface area (Å²) in [5.74, 6) is 1.06. The fraction of sp³-hybridized carbons (Fsp3) is 0.364. The van der Waals surface area contributed by atoms with Crippen LogP contribution in [0.3, 0.4) is 0 Å². The molecule has 1 fully saturated rings. The van der Waals surface area contributed by atoms with Crippen molar-refractivity contribution in [3.63, 3.8) is 0 Å². The van der Waals surface area contributed by atoms with Gasteiger partial charge in [-0.15, -0.1) is 0 Å². The lowest BCUT2D eigenvalue weighted by Crippen LogP contribution is -2.26. The van der Waals surface area contributed by atoms with E-state index in [9.17, 15) is 0 Å². The van der Waals surface area contributed by atoms with Crippen LogP contribution in [0.15, 0.2) is 36.5 Å². The highest BCUT2D eigenvalue weighted by molar-refractivity contribution is 5.97. The molecule has 5 rings (SSSR count). The van der Waals surface area contributed by atoms with E-state index in [4.69, 9.17) is 0 Å². The zero-order valence-corrected chi connectivity index (χ0v) is 15.8. The van der Waals surface area contributed by atoms with Gasteiger partial charge >= 0.3 is 0 Å². The normalized spacial score (nSPS) is 16.0. The molecule has 5 heteroatoms. The molecule has 0 amide bonds. The Morgan fingerprint density at radius 2 is 1.93 bits per heavy atom. The van der Waals surface area contributed by atoms with Crippen LogP contribution in [-0.4, -0.2) is 33.3 Å². The minimum Gasteiger partial charge on any atom is -0.353 e. The van der Waals surface area contributed by atoms with E-state index in [-0.39, 0.29) is 0 Å². The van der Waals surface area contributed by atoms with Gasteiger partial charge in [-0.1, -0.05) is 19.9 Å². The quantitative estimate of drug-likeness (QED) is 0.497. The fourth-order valence-electron chi connectivity index (χ4n) is 4.47. The Bertz CT molecular complexity index is 1100. The molecule has 0 bridgehead atoms. The predicted molar refractivity (Wildman–Crippen MR) is 110 cm³/mol. The number of fused-ring (bicyclic) bond motifs is 2. The first-order valence-electron chi connectivity index (χ1n) is 9.88. The Balaban J connectivity index is 1.69. The van der Waals surface area contributed by atoms with Crippen LogP contribution in [-0.2, 0) is 0 Å². The zero-order chi connectivity index (χ0) is 18.4. The Morgan fingerprint density at radius 3 is 2.74 bits per heavy atom. The molecule has 5 nitrogen and oxygen atoms in total. The van der Waals surface area contributed by atoms with Gasteiger partial charge in [0.25, 0.3) is 0 Å². The Kier molecular flexibility index (Phi) is 3.97. The van der Waals surface area contributed by atoms with Crippen LogP contribution < -0.4 is 5.32 Å². The average molecular weight is 359 g/mol. The van der Waals surface area contributed by atoms with Gasteiger partial charge in [-0.25, -0.2) is 4.98 Å². The van der Waals surface area contributed by atoms with Crippen molar-refractivity contribution in [3.8, 4) is 11.4 Å². The summed E-state index contributed by atoms with van der Waals surface area (Å²) in [5, 5.41) is 13.5. The second-order valence-corrected chi connectivity index (χ2v) is 7.87. The Labute approximate surface area is 158 Å². The van der Waals surface area contributed by atoms with E-state index in [1.807, 2.05) is 6.07 Å². The summed E-state index contributed by atoms with van der Waals surface area (Å²) < 4.78 is 0. The summed E-state index contributed by atoms with van der Waals surface area (Å²) in [6, 6.07) is 11.0. The molecular weight excluding hydrogens is 334 g/mol. The number of aromatic amines is 2. The lowest BCUT2D eigenvalue weighted by Gasteiger charge is -2.23. The van der Waals surface area contributed by atoms with Crippen molar-refractivity contribution in [2.75, 3.05) is 13.1 Å². The summed E-state index contributed by atoms with van der Waals surface area (Å²) in [4.78, 5) is 8.04. The van der Waals surface area contributed by atoms with Gasteiger partial charge in [-0.3, -0.25) is 5.10 Å². The van der Waals surface area contributed by atoms with Gasteiger partial charge in [0.15, 0.2) is 5.65 Å². The van der Waals surface area contributed by atoms with Gasteiger partial charge in [0, 0.05) is 22.5 Å². The number of aromatic nitrogens is 4. The number of H-pyrrole nitrogens is 2. The number of nitrogens with one attached hydrogen (secondary N) is 3. The number of rotatable bonds is 3. The molecule has 3 N–H and O–H groups in total. The van der Waals surface area contributed by atoms with E-state index < -0.39 is 0 Å². The van der Waals surface area contributed by atoms with Crippen LogP contribution in [0.1, 0.15) is 49.7 Å². The maximum atomic E-state index is 4.59. The van der Waals surface area contributed by atoms with Crippen molar-refractivity contribution < 1.29 is 0 Å². The molecule has 1 aliphatic rings. The van der Waals surface area contributed by atoms with E-state index in [0.717, 1.165) is 35.5 Å². The molecule has 27 heavy (non-hydrogen) atoms. The topological polar surface area (TPSA) is 69.4 Å². The minimum atomic E-state index is 0.403. The smallest absolute Gasteiger partial charge is 0.155 e. The highest BCUT2D eigenvalue weighted by Gasteiger charge is 2.22. The van der Waals surface area contributed by atoms with E-state index in [1.165, 1.54) is 34.9 Å². The summed E-state index contributed by atoms with van der Waals surface area (Å²) >= 11 is 0. The van der Waals surface area contributed by atoms with Crippen LogP contribution in [0.25, 0.3) is 33.3 Å².